The highest BCUT2D eigenvalue weighted by Crippen LogP contribution is 2.42. The summed E-state index contributed by atoms with van der Waals surface area (Å²) in [7, 11) is 1.49. The predicted octanol–water partition coefficient (Wildman–Crippen LogP) is 3.62. The summed E-state index contributed by atoms with van der Waals surface area (Å²) in [5.74, 6) is 1.39. The first-order valence-electron chi connectivity index (χ1n) is 12.8. The van der Waals surface area contributed by atoms with Gasteiger partial charge in [0.25, 0.3) is 5.91 Å². The molecule has 192 valence electrons. The monoisotopic (exact) mass is 503 g/mol. The third kappa shape index (κ3) is 4.02. The Hall–Kier alpha value is -3.56. The Labute approximate surface area is 214 Å². The van der Waals surface area contributed by atoms with Crippen LogP contribution < -0.4 is 20.3 Å². The highest BCUT2D eigenvalue weighted by Gasteiger charge is 2.36. The Morgan fingerprint density at radius 3 is 2.76 bits per heavy atom. The van der Waals surface area contributed by atoms with Gasteiger partial charge < -0.3 is 20.5 Å². The fourth-order valence-corrected chi connectivity index (χ4v) is 5.72. The fourth-order valence-electron chi connectivity index (χ4n) is 5.72. The first-order chi connectivity index (χ1) is 18.0. The van der Waals surface area contributed by atoms with E-state index in [0.717, 1.165) is 24.2 Å². The van der Waals surface area contributed by atoms with Crippen molar-refractivity contribution in [2.75, 3.05) is 30.1 Å². The lowest BCUT2D eigenvalue weighted by Crippen LogP contribution is -2.34. The minimum absolute atomic E-state index is 0.00798. The van der Waals surface area contributed by atoms with Gasteiger partial charge in [-0.15, -0.1) is 0 Å². The van der Waals surface area contributed by atoms with Crippen LogP contribution in [-0.4, -0.2) is 53.3 Å². The summed E-state index contributed by atoms with van der Waals surface area (Å²) in [5.41, 5.74) is 9.11. The minimum atomic E-state index is -0.459. The van der Waals surface area contributed by atoms with Crippen molar-refractivity contribution in [1.82, 2.24) is 9.97 Å². The van der Waals surface area contributed by atoms with Gasteiger partial charge >= 0.3 is 0 Å². The normalized spacial score (nSPS) is 21.4. The number of anilines is 2. The summed E-state index contributed by atoms with van der Waals surface area (Å²) in [6.45, 7) is 0.811. The molecule has 3 aromatic rings. The molecule has 8 nitrogen and oxygen atoms in total. The number of hydrogen-bond donors (Lipinski definition) is 2. The molecule has 2 atom stereocenters. The molecule has 1 saturated carbocycles. The molecular weight excluding hydrogens is 473 g/mol. The molecule has 1 aromatic carbocycles. The van der Waals surface area contributed by atoms with Crippen LogP contribution in [0.5, 0.6) is 5.75 Å². The van der Waals surface area contributed by atoms with Crippen molar-refractivity contribution < 1.29 is 19.0 Å². The van der Waals surface area contributed by atoms with E-state index >= 15 is 0 Å². The lowest BCUT2D eigenvalue weighted by Gasteiger charge is -2.30. The number of hydrogen-bond acceptors (Lipinski definition) is 7. The number of aliphatic hydroxyl groups is 1. The van der Waals surface area contributed by atoms with Crippen LogP contribution in [0.2, 0.25) is 0 Å². The predicted molar refractivity (Wildman–Crippen MR) is 138 cm³/mol. The summed E-state index contributed by atoms with van der Waals surface area (Å²) in [6.07, 6.45) is 5.60. The standard InChI is InChI=1S/C28H30FN5O3/c1-37-23-7-3-6-22(29)26(23)27-21-14-34(28(36)20(21)8-9-31-27)25-11-17(16-4-2-5-16)10-24(32-25)33-13-18(30)12-19(33)15-35/h3,6-11,16,18-19,35H,2,4-5,12-15,30H2,1H3/t18-,19-/m0/s1. The number of nitrogens with zero attached hydrogens (tertiary/aromatic N) is 4. The maximum atomic E-state index is 15.0. The van der Waals surface area contributed by atoms with Gasteiger partial charge in [-0.25, -0.2) is 9.37 Å². The number of aliphatic hydroxyl groups excluding tert-OH is 1. The fraction of sp³-hybridized carbons (Fsp3) is 0.393. The van der Waals surface area contributed by atoms with Crippen LogP contribution in [0.15, 0.2) is 42.6 Å². The zero-order valence-electron chi connectivity index (χ0n) is 20.7. The lowest BCUT2D eigenvalue weighted by molar-refractivity contribution is 0.0996. The Morgan fingerprint density at radius 2 is 2.03 bits per heavy atom. The molecule has 0 spiro atoms. The van der Waals surface area contributed by atoms with Gasteiger partial charge in [-0.3, -0.25) is 14.7 Å². The second kappa shape index (κ2) is 9.39. The molecule has 0 bridgehead atoms. The molecule has 3 N–H and O–H groups in total. The number of rotatable bonds is 6. The number of pyridine rings is 2. The molecule has 2 aliphatic heterocycles. The van der Waals surface area contributed by atoms with Crippen molar-refractivity contribution >= 4 is 17.5 Å². The Kier molecular flexibility index (Phi) is 6.04. The van der Waals surface area contributed by atoms with E-state index in [1.54, 1.807) is 23.1 Å². The third-order valence-electron chi connectivity index (χ3n) is 7.91. The van der Waals surface area contributed by atoms with Crippen LogP contribution in [0, 0.1) is 5.82 Å². The second-order valence-corrected chi connectivity index (χ2v) is 10.1. The minimum Gasteiger partial charge on any atom is -0.496 e. The summed E-state index contributed by atoms with van der Waals surface area (Å²) in [4.78, 5) is 26.7. The number of fused-ring (bicyclic) bond motifs is 1. The maximum Gasteiger partial charge on any atom is 0.260 e. The number of benzene rings is 1. The van der Waals surface area contributed by atoms with E-state index in [-0.39, 0.29) is 36.7 Å². The summed E-state index contributed by atoms with van der Waals surface area (Å²) in [5, 5.41) is 9.96. The summed E-state index contributed by atoms with van der Waals surface area (Å²) >= 11 is 0. The second-order valence-electron chi connectivity index (χ2n) is 10.1. The quantitative estimate of drug-likeness (QED) is 0.529. The molecule has 37 heavy (non-hydrogen) atoms. The smallest absolute Gasteiger partial charge is 0.260 e. The van der Waals surface area contributed by atoms with Crippen molar-refractivity contribution in [3.8, 4) is 17.0 Å². The molecule has 6 rings (SSSR count). The van der Waals surface area contributed by atoms with Crippen LogP contribution in [0.4, 0.5) is 16.0 Å². The number of methoxy groups -OCH3 is 1. The van der Waals surface area contributed by atoms with E-state index in [1.165, 1.54) is 25.8 Å². The van der Waals surface area contributed by atoms with E-state index in [2.05, 4.69) is 16.0 Å². The van der Waals surface area contributed by atoms with Crippen molar-refractivity contribution in [2.45, 2.75) is 50.2 Å². The van der Waals surface area contributed by atoms with Gasteiger partial charge in [0.05, 0.1) is 37.6 Å². The van der Waals surface area contributed by atoms with Crippen molar-refractivity contribution in [1.29, 1.82) is 0 Å². The highest BCUT2D eigenvalue weighted by molar-refractivity contribution is 6.10. The largest absolute Gasteiger partial charge is 0.496 e. The van der Waals surface area contributed by atoms with Crippen LogP contribution in [0.3, 0.4) is 0 Å². The number of aromatic nitrogens is 2. The van der Waals surface area contributed by atoms with E-state index in [9.17, 15) is 14.3 Å². The molecule has 9 heteroatoms. The van der Waals surface area contributed by atoms with E-state index < -0.39 is 5.82 Å². The van der Waals surface area contributed by atoms with Gasteiger partial charge in [-0.05, 0) is 61.1 Å². The number of ether oxygens (including phenoxy) is 1. The number of carbonyl (C=O) groups is 1. The molecule has 0 unspecified atom stereocenters. The van der Waals surface area contributed by atoms with Crippen LogP contribution >= 0.6 is 0 Å². The third-order valence-corrected chi connectivity index (χ3v) is 7.91. The van der Waals surface area contributed by atoms with Crippen molar-refractivity contribution in [3.05, 3.63) is 65.1 Å². The maximum absolute atomic E-state index is 15.0. The van der Waals surface area contributed by atoms with Crippen LogP contribution in [0.25, 0.3) is 11.3 Å². The molecule has 4 heterocycles. The van der Waals surface area contributed by atoms with Gasteiger partial charge in [0.2, 0.25) is 0 Å². The lowest BCUT2D eigenvalue weighted by atomic mass is 9.80. The van der Waals surface area contributed by atoms with Crippen LogP contribution in [-0.2, 0) is 6.54 Å². The molecule has 1 amide bonds. The number of nitrogens with two attached hydrogens (primary N) is 1. The SMILES string of the molecule is COc1cccc(F)c1-c1nccc2c1CN(c1cc(C3CCC3)cc(N3C[C@@H](N)C[C@H]3CO)n1)C2=O. The Morgan fingerprint density at radius 1 is 1.22 bits per heavy atom. The molecule has 0 radical (unpaired) electrons. The Balaban J connectivity index is 1.42. The van der Waals surface area contributed by atoms with Crippen molar-refractivity contribution in [2.24, 2.45) is 5.73 Å². The highest BCUT2D eigenvalue weighted by atomic mass is 19.1. The van der Waals surface area contributed by atoms with Gasteiger partial charge in [0.15, 0.2) is 0 Å². The van der Waals surface area contributed by atoms with Gasteiger partial charge in [0.1, 0.15) is 23.2 Å². The van der Waals surface area contributed by atoms with E-state index in [0.29, 0.717) is 47.3 Å². The molecule has 1 saturated heterocycles. The molecule has 2 aromatic heterocycles. The van der Waals surface area contributed by atoms with E-state index in [4.69, 9.17) is 15.5 Å². The molecular formula is C28H30FN5O3. The Bertz CT molecular complexity index is 1360. The molecule has 1 aliphatic carbocycles. The van der Waals surface area contributed by atoms with Gasteiger partial charge in [0, 0.05) is 29.9 Å². The van der Waals surface area contributed by atoms with Crippen molar-refractivity contribution in [3.63, 3.8) is 0 Å². The molecule has 2 fully saturated rings. The first kappa shape index (κ1) is 23.8. The number of halogens is 1. The van der Waals surface area contributed by atoms with Gasteiger partial charge in [-0.1, -0.05) is 12.5 Å². The first-order valence-corrected chi connectivity index (χ1v) is 12.8. The number of carbonyl (C=O) groups excluding carboxylic acids is 1. The average Bonchev–Trinajstić information content (AvgIpc) is 3.42. The molecule has 3 aliphatic rings. The van der Waals surface area contributed by atoms with Crippen LogP contribution in [0.1, 0.15) is 53.1 Å². The zero-order valence-corrected chi connectivity index (χ0v) is 20.7. The average molecular weight is 504 g/mol. The summed E-state index contributed by atoms with van der Waals surface area (Å²) in [6, 6.07) is 10.2. The zero-order chi connectivity index (χ0) is 25.7. The topological polar surface area (TPSA) is 105 Å². The van der Waals surface area contributed by atoms with Gasteiger partial charge in [-0.2, -0.15) is 0 Å². The summed E-state index contributed by atoms with van der Waals surface area (Å²) < 4.78 is 20.4. The number of amides is 1. The van der Waals surface area contributed by atoms with E-state index in [1.807, 2.05) is 6.07 Å².